The Morgan fingerprint density at radius 1 is 0.870 bits per heavy atom. The van der Waals surface area contributed by atoms with Gasteiger partial charge in [0.25, 0.3) is 0 Å². The molecule has 0 heterocycles. The molecule has 0 aliphatic heterocycles. The van der Waals surface area contributed by atoms with Crippen LogP contribution in [0.15, 0.2) is 0 Å². The van der Waals surface area contributed by atoms with Crippen molar-refractivity contribution in [2.24, 2.45) is 0 Å². The van der Waals surface area contributed by atoms with Crippen LogP contribution < -0.4 is 5.32 Å². The quantitative estimate of drug-likeness (QED) is 0.191. The number of hydrogen-bond donors (Lipinski definition) is 7. The van der Waals surface area contributed by atoms with Gasteiger partial charge >= 0.3 is 27.1 Å². The minimum absolute atomic E-state index is 0. The Morgan fingerprint density at radius 2 is 1.22 bits per heavy atom. The van der Waals surface area contributed by atoms with Crippen molar-refractivity contribution in [2.75, 3.05) is 6.54 Å². The minimum atomic E-state index is -5.18. The zero-order valence-electron chi connectivity index (χ0n) is 11.3. The van der Waals surface area contributed by atoms with E-state index in [2.05, 4.69) is 0 Å². The molecule has 15 nitrogen and oxygen atoms in total. The van der Waals surface area contributed by atoms with Gasteiger partial charge in [0.2, 0.25) is 0 Å². The molecule has 0 spiro atoms. The largest absolute Gasteiger partial charge is 0.481 e. The van der Waals surface area contributed by atoms with E-state index in [-0.39, 0.29) is 21.9 Å². The highest BCUT2D eigenvalue weighted by Crippen LogP contribution is 2.59. The summed E-state index contributed by atoms with van der Waals surface area (Å²) < 4.78 is 21.8. The van der Waals surface area contributed by atoms with Crippen molar-refractivity contribution in [3.63, 3.8) is 0 Å². The summed E-state index contributed by atoms with van der Waals surface area (Å²) >= 11 is 0. The van der Waals surface area contributed by atoms with E-state index >= 15 is 0 Å². The van der Waals surface area contributed by atoms with Crippen LogP contribution in [-0.2, 0) is 18.7 Å². The van der Waals surface area contributed by atoms with Crippen molar-refractivity contribution in [3.8, 4) is 0 Å². The summed E-state index contributed by atoms with van der Waals surface area (Å²) in [6.07, 6.45) is -0.912. The monoisotopic (exact) mass is 393 g/mol. The second kappa shape index (κ2) is 12.5. The van der Waals surface area contributed by atoms with Gasteiger partial charge in [-0.1, -0.05) is 0 Å². The zero-order valence-corrected chi connectivity index (χ0v) is 13.1. The van der Waals surface area contributed by atoms with Crippen LogP contribution in [0, 0.1) is 0 Å². The van der Waals surface area contributed by atoms with Gasteiger partial charge in [-0.3, -0.25) is 18.7 Å². The van der Waals surface area contributed by atoms with Crippen LogP contribution in [0.5, 0.6) is 0 Å². The van der Waals surface area contributed by atoms with Crippen LogP contribution in [0.3, 0.4) is 0 Å². The molecule has 15 N–H and O–H groups in total. The van der Waals surface area contributed by atoms with Gasteiger partial charge in [0.15, 0.2) is 5.40 Å². The fourth-order valence-corrected chi connectivity index (χ4v) is 3.36. The third-order valence-electron chi connectivity index (χ3n) is 2.00. The number of rotatable bonds is 8. The molecular weight excluding hydrogens is 372 g/mol. The lowest BCUT2D eigenvalue weighted by Crippen LogP contribution is -2.42. The molecule has 17 heteroatoms. The van der Waals surface area contributed by atoms with E-state index in [0.717, 1.165) is 0 Å². The summed E-state index contributed by atoms with van der Waals surface area (Å²) in [4.78, 5) is 56.0. The molecule has 0 aliphatic rings. The van der Waals surface area contributed by atoms with Gasteiger partial charge in [0, 0.05) is 6.54 Å². The summed E-state index contributed by atoms with van der Waals surface area (Å²) in [5.74, 6) is -3.12. The Morgan fingerprint density at radius 3 is 1.43 bits per heavy atom. The van der Waals surface area contributed by atoms with E-state index in [4.69, 9.17) is 29.8 Å². The minimum Gasteiger partial charge on any atom is -0.481 e. The molecule has 0 aliphatic carbocycles. The number of carboxylic acids is 2. The summed E-state index contributed by atoms with van der Waals surface area (Å²) in [5, 5.41) is 16.5. The van der Waals surface area contributed by atoms with Crippen molar-refractivity contribution in [3.05, 3.63) is 0 Å². The van der Waals surface area contributed by atoms with Crippen molar-refractivity contribution in [2.45, 2.75) is 17.9 Å². The van der Waals surface area contributed by atoms with Gasteiger partial charge < -0.3 is 57.0 Å². The Hall–Kier alpha value is -0.960. The van der Waals surface area contributed by atoms with E-state index in [9.17, 15) is 18.7 Å². The molecule has 0 aromatic carbocycles. The van der Waals surface area contributed by atoms with E-state index in [1.807, 2.05) is 5.32 Å². The van der Waals surface area contributed by atoms with Gasteiger partial charge in [-0.2, -0.15) is 0 Å². The molecule has 144 valence electrons. The molecule has 0 aromatic rings. The molecule has 1 unspecified atom stereocenters. The van der Waals surface area contributed by atoms with Crippen LogP contribution in [0.1, 0.15) is 6.42 Å². The van der Waals surface area contributed by atoms with Gasteiger partial charge in [0.05, 0.1) is 6.42 Å². The normalized spacial score (nSPS) is 11.9. The standard InChI is InChI=1S/C6H13NO10P2.4H2O/c8-4(9)1-3(6(10)11)7-2-5(18(12,13)14)19(15,16)17;;;;/h3,5,7H,1-2H2,(H,8,9)(H,10,11)(H2,12,13,14)(H2,15,16,17);4*1H2. The predicted octanol–water partition coefficient (Wildman–Crippen LogP) is -5.11. The molecule has 1 atom stereocenters. The number of nitrogens with one attached hydrogen (secondary N) is 1. The molecular formula is C6H21NO14P2. The van der Waals surface area contributed by atoms with Crippen molar-refractivity contribution in [1.82, 2.24) is 5.32 Å². The molecule has 0 rings (SSSR count). The number of hydrogen-bond acceptors (Lipinski definition) is 5. The molecule has 0 bridgehead atoms. The summed E-state index contributed by atoms with van der Waals surface area (Å²) in [6.45, 7) is -1.04. The number of carbonyl (C=O) groups is 2. The smallest absolute Gasteiger partial charge is 0.342 e. The van der Waals surface area contributed by atoms with Gasteiger partial charge in [-0.25, -0.2) is 0 Å². The van der Waals surface area contributed by atoms with Crippen LogP contribution in [0.2, 0.25) is 0 Å². The maximum atomic E-state index is 10.9. The lowest BCUT2D eigenvalue weighted by molar-refractivity contribution is -0.145. The molecule has 23 heavy (non-hydrogen) atoms. The first-order valence-corrected chi connectivity index (χ1v) is 8.00. The van der Waals surface area contributed by atoms with E-state index in [1.54, 1.807) is 0 Å². The van der Waals surface area contributed by atoms with Crippen LogP contribution in [0.25, 0.3) is 0 Å². The SMILES string of the molecule is O.O.O.O.O=C(O)CC(NCC(P(=O)(O)O)P(=O)(O)O)C(=O)O. The molecule has 0 saturated heterocycles. The van der Waals surface area contributed by atoms with E-state index in [1.165, 1.54) is 0 Å². The summed E-state index contributed by atoms with van der Waals surface area (Å²) in [7, 11) is -10.4. The van der Waals surface area contributed by atoms with Gasteiger partial charge in [-0.05, 0) is 0 Å². The Balaban J connectivity index is -0.000000270. The highest BCUT2D eigenvalue weighted by Gasteiger charge is 2.43. The van der Waals surface area contributed by atoms with Crippen LogP contribution >= 0.6 is 15.2 Å². The third-order valence-corrected chi connectivity index (χ3v) is 5.72. The molecule has 0 fully saturated rings. The average Bonchev–Trinajstić information content (AvgIpc) is 2.10. The first kappa shape index (κ1) is 33.6. The highest BCUT2D eigenvalue weighted by molar-refractivity contribution is 7.70. The second-order valence-corrected chi connectivity index (χ2v) is 7.57. The van der Waals surface area contributed by atoms with Crippen molar-refractivity contribution < 1.29 is 70.4 Å². The molecule has 0 amide bonds. The zero-order chi connectivity index (χ0) is 15.4. The first-order chi connectivity index (χ1) is 8.35. The highest BCUT2D eigenvalue weighted by atomic mass is 31.2. The fraction of sp³-hybridized carbons (Fsp3) is 0.667. The van der Waals surface area contributed by atoms with E-state index < -0.39 is 51.5 Å². The summed E-state index contributed by atoms with van der Waals surface area (Å²) in [5.41, 5.74) is 0. The molecule has 0 saturated carbocycles. The number of carboxylic acid groups (broad SMARTS) is 2. The lowest BCUT2D eigenvalue weighted by atomic mass is 10.2. The average molecular weight is 393 g/mol. The lowest BCUT2D eigenvalue weighted by Gasteiger charge is -2.21. The third kappa shape index (κ3) is 13.2. The predicted molar refractivity (Wildman–Crippen MR) is 74.0 cm³/mol. The molecule has 0 aromatic heterocycles. The van der Waals surface area contributed by atoms with Crippen LogP contribution in [-0.4, -0.2) is 81.6 Å². The maximum absolute atomic E-state index is 10.9. The first-order valence-electron chi connectivity index (χ1n) is 4.64. The Kier molecular flexibility index (Phi) is 18.2. The topological polar surface area (TPSA) is 328 Å². The van der Waals surface area contributed by atoms with Crippen molar-refractivity contribution in [1.29, 1.82) is 0 Å². The Labute approximate surface area is 128 Å². The maximum Gasteiger partial charge on any atom is 0.342 e. The van der Waals surface area contributed by atoms with Crippen LogP contribution in [0.4, 0.5) is 0 Å². The molecule has 0 radical (unpaired) electrons. The second-order valence-electron chi connectivity index (χ2n) is 3.56. The van der Waals surface area contributed by atoms with Gasteiger partial charge in [0.1, 0.15) is 6.04 Å². The van der Waals surface area contributed by atoms with Crippen molar-refractivity contribution >= 4 is 27.1 Å². The fourth-order valence-electron chi connectivity index (χ4n) is 1.10. The van der Waals surface area contributed by atoms with Gasteiger partial charge in [-0.15, -0.1) is 0 Å². The Bertz CT molecular complexity index is 419. The summed E-state index contributed by atoms with van der Waals surface area (Å²) in [6, 6.07) is -1.72. The van der Waals surface area contributed by atoms with E-state index in [0.29, 0.717) is 0 Å². The number of aliphatic carboxylic acids is 2.